The molecule has 0 atom stereocenters. The Morgan fingerprint density at radius 3 is 2.46 bits per heavy atom. The fourth-order valence-electron chi connectivity index (χ4n) is 4.11. The summed E-state index contributed by atoms with van der Waals surface area (Å²) >= 11 is 0. The molecule has 5 N–H and O–H groups in total. The number of fused-ring (bicyclic) bond motifs is 1. The van der Waals surface area contributed by atoms with E-state index in [1.807, 2.05) is 6.20 Å². The molecule has 136 valence electrons. The molecule has 0 amide bonds. The highest BCUT2D eigenvalue weighted by Crippen LogP contribution is 2.41. The van der Waals surface area contributed by atoms with Crippen LogP contribution in [0.15, 0.2) is 30.6 Å². The first-order valence-corrected chi connectivity index (χ1v) is 9.25. The second-order valence-electron chi connectivity index (χ2n) is 7.48. The predicted octanol–water partition coefficient (Wildman–Crippen LogP) is 3.66. The van der Waals surface area contributed by atoms with Crippen molar-refractivity contribution in [3.8, 4) is 0 Å². The molecule has 6 heteroatoms. The molecule has 1 fully saturated rings. The Hall–Kier alpha value is -2.60. The highest BCUT2D eigenvalue weighted by atomic mass is 15.3. The third-order valence-corrected chi connectivity index (χ3v) is 5.28. The molecule has 1 aliphatic carbocycles. The van der Waals surface area contributed by atoms with Crippen LogP contribution >= 0.6 is 0 Å². The maximum atomic E-state index is 6.39. The molecular formula is C20H26N6. The first-order valence-electron chi connectivity index (χ1n) is 9.25. The van der Waals surface area contributed by atoms with E-state index in [0.717, 1.165) is 48.3 Å². The van der Waals surface area contributed by atoms with E-state index < -0.39 is 0 Å². The van der Waals surface area contributed by atoms with Gasteiger partial charge in [0.25, 0.3) is 0 Å². The normalized spacial score (nSPS) is 20.4. The molecule has 1 aromatic carbocycles. The molecule has 3 aromatic rings. The van der Waals surface area contributed by atoms with Crippen LogP contribution in [-0.2, 0) is 0 Å². The number of nitrogens with one attached hydrogen (secondary N) is 1. The zero-order chi connectivity index (χ0) is 18.3. The number of aryl methyl sites for hydroxylation is 2. The van der Waals surface area contributed by atoms with Crippen LogP contribution in [0.3, 0.4) is 0 Å². The molecule has 1 saturated carbocycles. The zero-order valence-electron chi connectivity index (χ0n) is 15.4. The van der Waals surface area contributed by atoms with Gasteiger partial charge in [-0.25, -0.2) is 9.50 Å². The smallest absolute Gasteiger partial charge is 0.177 e. The van der Waals surface area contributed by atoms with Crippen molar-refractivity contribution < 1.29 is 0 Å². The Morgan fingerprint density at radius 2 is 1.77 bits per heavy atom. The zero-order valence-corrected chi connectivity index (χ0v) is 15.4. The van der Waals surface area contributed by atoms with E-state index in [4.69, 9.17) is 11.5 Å². The van der Waals surface area contributed by atoms with Crippen LogP contribution in [0.5, 0.6) is 0 Å². The summed E-state index contributed by atoms with van der Waals surface area (Å²) < 4.78 is 1.75. The van der Waals surface area contributed by atoms with E-state index in [2.05, 4.69) is 47.4 Å². The van der Waals surface area contributed by atoms with Crippen LogP contribution in [-0.4, -0.2) is 20.6 Å². The summed E-state index contributed by atoms with van der Waals surface area (Å²) in [5.41, 5.74) is 18.8. The number of hydrogen-bond donors (Lipinski definition) is 3. The minimum Gasteiger partial charge on any atom is -0.382 e. The summed E-state index contributed by atoms with van der Waals surface area (Å²) in [5, 5.41) is 8.13. The third-order valence-electron chi connectivity index (χ3n) is 5.28. The molecular weight excluding hydrogens is 324 g/mol. The van der Waals surface area contributed by atoms with E-state index in [1.54, 1.807) is 10.7 Å². The number of benzene rings is 1. The standard InChI is InChI=1S/C20H26N6/c1-12-9-13(2)11-16(10-12)24-18-17(14-3-5-15(21)6-4-14)19(22)25-26-8-7-23-20(18)26/h7-11,14-15,24H,3-6,21H2,1-2H3,(H2,22,25)/t14-,15-. The van der Waals surface area contributed by atoms with Crippen molar-refractivity contribution in [3.63, 3.8) is 0 Å². The molecule has 0 aliphatic heterocycles. The maximum absolute atomic E-state index is 6.39. The van der Waals surface area contributed by atoms with Crippen LogP contribution in [0.4, 0.5) is 17.2 Å². The van der Waals surface area contributed by atoms with Gasteiger partial charge in [0.1, 0.15) is 5.82 Å². The molecule has 0 saturated heterocycles. The Kier molecular flexibility index (Phi) is 4.28. The molecule has 4 rings (SSSR count). The van der Waals surface area contributed by atoms with E-state index in [9.17, 15) is 0 Å². The molecule has 0 spiro atoms. The number of rotatable bonds is 3. The summed E-state index contributed by atoms with van der Waals surface area (Å²) in [5.74, 6) is 0.931. The number of imidazole rings is 1. The van der Waals surface area contributed by atoms with Gasteiger partial charge in [0.05, 0.1) is 5.69 Å². The van der Waals surface area contributed by atoms with Crippen LogP contribution in [0.25, 0.3) is 5.65 Å². The highest BCUT2D eigenvalue weighted by molar-refractivity contribution is 5.81. The van der Waals surface area contributed by atoms with Gasteiger partial charge in [0.15, 0.2) is 5.65 Å². The Bertz CT molecular complexity index is 917. The first-order chi connectivity index (χ1) is 12.5. The molecule has 0 radical (unpaired) electrons. The Balaban J connectivity index is 1.82. The summed E-state index contributed by atoms with van der Waals surface area (Å²) in [6.07, 6.45) is 7.70. The lowest BCUT2D eigenvalue weighted by molar-refractivity contribution is 0.396. The summed E-state index contributed by atoms with van der Waals surface area (Å²) in [4.78, 5) is 4.53. The quantitative estimate of drug-likeness (QED) is 0.670. The van der Waals surface area contributed by atoms with Crippen LogP contribution in [0.1, 0.15) is 48.3 Å². The number of anilines is 3. The monoisotopic (exact) mass is 350 g/mol. The first kappa shape index (κ1) is 16.8. The lowest BCUT2D eigenvalue weighted by Gasteiger charge is -2.29. The lowest BCUT2D eigenvalue weighted by atomic mass is 9.81. The SMILES string of the molecule is Cc1cc(C)cc(Nc2c3nccn3nc(N)c2[C@H]2CC[C@H](N)CC2)c1. The largest absolute Gasteiger partial charge is 0.382 e. The second-order valence-corrected chi connectivity index (χ2v) is 7.48. The van der Waals surface area contributed by atoms with E-state index in [1.165, 1.54) is 11.1 Å². The molecule has 2 aromatic heterocycles. The van der Waals surface area contributed by atoms with Crippen molar-refractivity contribution in [2.24, 2.45) is 5.73 Å². The molecule has 2 heterocycles. The van der Waals surface area contributed by atoms with Crippen LogP contribution < -0.4 is 16.8 Å². The molecule has 1 aliphatic rings. The molecule has 26 heavy (non-hydrogen) atoms. The van der Waals surface area contributed by atoms with Crippen molar-refractivity contribution >= 4 is 22.8 Å². The molecule has 0 bridgehead atoms. The summed E-state index contributed by atoms with van der Waals surface area (Å²) in [7, 11) is 0. The molecule has 6 nitrogen and oxygen atoms in total. The average molecular weight is 350 g/mol. The van der Waals surface area contributed by atoms with E-state index in [0.29, 0.717) is 17.8 Å². The minimum atomic E-state index is 0.298. The van der Waals surface area contributed by atoms with Gasteiger partial charge in [-0.1, -0.05) is 6.07 Å². The van der Waals surface area contributed by atoms with Crippen molar-refractivity contribution in [1.82, 2.24) is 14.6 Å². The fourth-order valence-corrected chi connectivity index (χ4v) is 4.11. The number of nitrogen functional groups attached to an aromatic ring is 1. The van der Waals surface area contributed by atoms with Crippen molar-refractivity contribution in [2.75, 3.05) is 11.1 Å². The van der Waals surface area contributed by atoms with Crippen LogP contribution in [0, 0.1) is 13.8 Å². The molecule has 0 unspecified atom stereocenters. The van der Waals surface area contributed by atoms with E-state index in [-0.39, 0.29) is 0 Å². The minimum absolute atomic E-state index is 0.298. The Morgan fingerprint density at radius 1 is 1.08 bits per heavy atom. The topological polar surface area (TPSA) is 94.3 Å². The number of nitrogens with two attached hydrogens (primary N) is 2. The summed E-state index contributed by atoms with van der Waals surface area (Å²) in [6.45, 7) is 4.21. The van der Waals surface area contributed by atoms with Gasteiger partial charge in [0, 0.05) is 29.7 Å². The van der Waals surface area contributed by atoms with Gasteiger partial charge in [0.2, 0.25) is 0 Å². The van der Waals surface area contributed by atoms with Crippen molar-refractivity contribution in [1.29, 1.82) is 0 Å². The fraction of sp³-hybridized carbons (Fsp3) is 0.400. The number of hydrogen-bond acceptors (Lipinski definition) is 5. The Labute approximate surface area is 153 Å². The van der Waals surface area contributed by atoms with Gasteiger partial charge in [-0.3, -0.25) is 0 Å². The highest BCUT2D eigenvalue weighted by Gasteiger charge is 2.27. The number of aromatic nitrogens is 3. The second kappa shape index (κ2) is 6.61. The van der Waals surface area contributed by atoms with Crippen molar-refractivity contribution in [2.45, 2.75) is 51.5 Å². The lowest BCUT2D eigenvalue weighted by Crippen LogP contribution is -2.26. The van der Waals surface area contributed by atoms with Gasteiger partial charge >= 0.3 is 0 Å². The summed E-state index contributed by atoms with van der Waals surface area (Å²) in [6, 6.07) is 6.75. The van der Waals surface area contributed by atoms with Gasteiger partial charge in [-0.05, 0) is 68.7 Å². The predicted molar refractivity (Wildman–Crippen MR) is 106 cm³/mol. The van der Waals surface area contributed by atoms with Gasteiger partial charge in [-0.15, -0.1) is 5.10 Å². The van der Waals surface area contributed by atoms with E-state index >= 15 is 0 Å². The number of nitrogens with zero attached hydrogens (tertiary/aromatic N) is 3. The van der Waals surface area contributed by atoms with Gasteiger partial charge in [-0.2, -0.15) is 0 Å². The van der Waals surface area contributed by atoms with Gasteiger partial charge < -0.3 is 16.8 Å². The third kappa shape index (κ3) is 3.12. The van der Waals surface area contributed by atoms with Crippen LogP contribution in [0.2, 0.25) is 0 Å². The average Bonchev–Trinajstić information content (AvgIpc) is 3.03. The van der Waals surface area contributed by atoms with Crippen molar-refractivity contribution in [3.05, 3.63) is 47.3 Å². The maximum Gasteiger partial charge on any atom is 0.177 e.